The Bertz CT molecular complexity index is 270. The first-order chi connectivity index (χ1) is 16.8. The molecular weight excluding hydrogens is 456 g/mol. The van der Waals surface area contributed by atoms with Gasteiger partial charge in [-0.25, -0.2) is 0 Å². The van der Waals surface area contributed by atoms with Crippen molar-refractivity contribution in [2.45, 2.75) is 80.8 Å². The fourth-order valence-electron chi connectivity index (χ4n) is 1.60. The van der Waals surface area contributed by atoms with Crippen molar-refractivity contribution in [1.29, 1.82) is 0 Å². The first-order valence-electron chi connectivity index (χ1n) is 13.1. The third-order valence-corrected chi connectivity index (χ3v) is 3.10. The monoisotopic (exact) mass is 518 g/mol. The molecule has 0 amide bonds. The van der Waals surface area contributed by atoms with Crippen LogP contribution in [0.4, 0.5) is 0 Å². The molecule has 0 aromatic heterocycles. The van der Waals surface area contributed by atoms with Crippen molar-refractivity contribution in [1.82, 2.24) is 0 Å². The van der Waals surface area contributed by atoms with Crippen LogP contribution in [0.5, 0.6) is 0 Å². The van der Waals surface area contributed by atoms with E-state index < -0.39 is 0 Å². The number of rotatable bonds is 18. The third-order valence-electron chi connectivity index (χ3n) is 3.10. The molecule has 0 aliphatic rings. The quantitative estimate of drug-likeness (QED) is 0.202. The molecule has 0 unspecified atom stereocenters. The van der Waals surface area contributed by atoms with Crippen molar-refractivity contribution in [2.75, 3.05) is 85.9 Å². The van der Waals surface area contributed by atoms with Gasteiger partial charge in [0.2, 0.25) is 0 Å². The second-order valence-electron chi connectivity index (χ2n) is 7.64. The van der Waals surface area contributed by atoms with E-state index in [1.807, 2.05) is 34.6 Å². The molecule has 0 bridgehead atoms. The van der Waals surface area contributed by atoms with Gasteiger partial charge >= 0.3 is 0 Å². The molecule has 0 aliphatic carbocycles. The van der Waals surface area contributed by atoms with Gasteiger partial charge in [-0.3, -0.25) is 0 Å². The SMILES string of the molecule is CC(C)COCCO.CC(C)OCCO.CCCCOCCO.CCCOCCO.CCOCC. The predicted octanol–water partition coefficient (Wildman–Crippen LogP) is 3.30. The Morgan fingerprint density at radius 1 is 0.514 bits per heavy atom. The van der Waals surface area contributed by atoms with Crippen molar-refractivity contribution in [2.24, 2.45) is 5.92 Å². The highest BCUT2D eigenvalue weighted by atomic mass is 16.5. The Kier molecular flexibility index (Phi) is 64.4. The summed E-state index contributed by atoms with van der Waals surface area (Å²) in [5.41, 5.74) is 0. The number of hydrogen-bond donors (Lipinski definition) is 4. The lowest BCUT2D eigenvalue weighted by molar-refractivity contribution is 0.0494. The Morgan fingerprint density at radius 2 is 0.971 bits per heavy atom. The fraction of sp³-hybridized carbons (Fsp3) is 1.00. The molecule has 4 N–H and O–H groups in total. The van der Waals surface area contributed by atoms with Crippen molar-refractivity contribution < 1.29 is 44.1 Å². The van der Waals surface area contributed by atoms with Crippen LogP contribution < -0.4 is 0 Å². The Morgan fingerprint density at radius 3 is 1.26 bits per heavy atom. The number of aliphatic hydroxyl groups is 4. The summed E-state index contributed by atoms with van der Waals surface area (Å²) in [7, 11) is 0. The minimum Gasteiger partial charge on any atom is -0.394 e. The zero-order valence-electron chi connectivity index (χ0n) is 24.3. The van der Waals surface area contributed by atoms with Gasteiger partial charge in [0.1, 0.15) is 0 Å². The lowest BCUT2D eigenvalue weighted by Gasteiger charge is -2.03. The topological polar surface area (TPSA) is 127 Å². The molecule has 35 heavy (non-hydrogen) atoms. The number of aliphatic hydroxyl groups excluding tert-OH is 4. The molecule has 0 aromatic carbocycles. The van der Waals surface area contributed by atoms with Gasteiger partial charge in [0.15, 0.2) is 0 Å². The first-order valence-corrected chi connectivity index (χ1v) is 13.1. The third kappa shape index (κ3) is 87.3. The number of unbranched alkanes of at least 4 members (excludes halogenated alkanes) is 1. The van der Waals surface area contributed by atoms with Crippen molar-refractivity contribution in [3.63, 3.8) is 0 Å². The average molecular weight is 519 g/mol. The van der Waals surface area contributed by atoms with E-state index in [-0.39, 0.29) is 32.5 Å². The molecule has 0 radical (unpaired) electrons. The summed E-state index contributed by atoms with van der Waals surface area (Å²) in [5.74, 6) is 0.571. The van der Waals surface area contributed by atoms with E-state index in [9.17, 15) is 0 Å². The van der Waals surface area contributed by atoms with Crippen molar-refractivity contribution in [3.8, 4) is 0 Å². The maximum Gasteiger partial charge on any atom is 0.0701 e. The zero-order valence-corrected chi connectivity index (χ0v) is 24.3. The molecule has 0 heterocycles. The highest BCUT2D eigenvalue weighted by Gasteiger charge is 1.90. The van der Waals surface area contributed by atoms with Gasteiger partial charge in [-0.1, -0.05) is 34.1 Å². The average Bonchev–Trinajstić information content (AvgIpc) is 2.83. The minimum atomic E-state index is 0.123. The normalized spacial score (nSPS) is 9.77. The van der Waals surface area contributed by atoms with E-state index >= 15 is 0 Å². The number of hydrogen-bond acceptors (Lipinski definition) is 9. The van der Waals surface area contributed by atoms with Gasteiger partial charge in [-0.15, -0.1) is 0 Å². The van der Waals surface area contributed by atoms with E-state index in [0.29, 0.717) is 32.3 Å². The summed E-state index contributed by atoms with van der Waals surface area (Å²) in [6, 6.07) is 0. The summed E-state index contributed by atoms with van der Waals surface area (Å²) >= 11 is 0. The molecule has 9 nitrogen and oxygen atoms in total. The Hall–Kier alpha value is -0.360. The van der Waals surface area contributed by atoms with Crippen LogP contribution in [0.15, 0.2) is 0 Å². The summed E-state index contributed by atoms with van der Waals surface area (Å²) in [6.07, 6.45) is 3.53. The van der Waals surface area contributed by atoms with Gasteiger partial charge in [-0.2, -0.15) is 0 Å². The lowest BCUT2D eigenvalue weighted by atomic mass is 10.2. The Labute approximate surface area is 217 Å². The molecule has 0 atom stereocenters. The lowest BCUT2D eigenvalue weighted by Crippen LogP contribution is -2.06. The molecule has 0 rings (SSSR count). The molecule has 0 aliphatic heterocycles. The van der Waals surface area contributed by atoms with Crippen molar-refractivity contribution >= 4 is 0 Å². The first kappa shape index (κ1) is 44.6. The van der Waals surface area contributed by atoms with Gasteiger partial charge in [0.25, 0.3) is 0 Å². The van der Waals surface area contributed by atoms with Crippen LogP contribution in [0.1, 0.15) is 74.7 Å². The van der Waals surface area contributed by atoms with Crippen molar-refractivity contribution in [3.05, 3.63) is 0 Å². The molecule has 9 heteroatoms. The summed E-state index contributed by atoms with van der Waals surface area (Å²) in [4.78, 5) is 0. The smallest absolute Gasteiger partial charge is 0.0701 e. The standard InChI is InChI=1S/2C6H14O2.2C5H12O2.C4H10O/c1-6(2)5-8-4-3-7;1-2-3-5-8-6-4-7;1-5(2)7-4-3-6;1-2-4-7-5-3-6;1-3-5-4-2/h6-7H,3-5H2,1-2H3;7H,2-6H2,1H3;5-6H,3-4H2,1-2H3;6H,2-5H2,1H3;3-4H2,1-2H3. The largest absolute Gasteiger partial charge is 0.394 e. The maximum atomic E-state index is 8.25. The summed E-state index contributed by atoms with van der Waals surface area (Å²) in [6.45, 7) is 22.6. The van der Waals surface area contributed by atoms with Crippen LogP contribution >= 0.6 is 0 Å². The summed E-state index contributed by atoms with van der Waals surface area (Å²) in [5, 5.41) is 32.9. The van der Waals surface area contributed by atoms with Crippen LogP contribution in [0, 0.1) is 5.92 Å². The highest BCUT2D eigenvalue weighted by Crippen LogP contribution is 1.90. The number of ether oxygens (including phenoxy) is 5. The molecule has 0 spiro atoms. The van der Waals surface area contributed by atoms with E-state index in [4.69, 9.17) is 44.1 Å². The molecule has 0 saturated carbocycles. The molecule has 0 saturated heterocycles. The minimum absolute atomic E-state index is 0.123. The van der Waals surface area contributed by atoms with Gasteiger partial charge in [0.05, 0.1) is 59.0 Å². The van der Waals surface area contributed by atoms with Crippen LogP contribution in [-0.2, 0) is 23.7 Å². The van der Waals surface area contributed by atoms with Crippen LogP contribution in [0.2, 0.25) is 0 Å². The molecular formula is C26H62O9. The van der Waals surface area contributed by atoms with Crippen LogP contribution in [0.3, 0.4) is 0 Å². The van der Waals surface area contributed by atoms with Crippen LogP contribution in [-0.4, -0.2) is 112 Å². The second-order valence-corrected chi connectivity index (χ2v) is 7.64. The molecule has 0 fully saturated rings. The van der Waals surface area contributed by atoms with Crippen LogP contribution in [0.25, 0.3) is 0 Å². The van der Waals surface area contributed by atoms with Gasteiger partial charge < -0.3 is 44.1 Å². The molecule has 220 valence electrons. The fourth-order valence-corrected chi connectivity index (χ4v) is 1.60. The second kappa shape index (κ2) is 50.5. The van der Waals surface area contributed by atoms with E-state index in [0.717, 1.165) is 52.3 Å². The maximum absolute atomic E-state index is 8.25. The van der Waals surface area contributed by atoms with E-state index in [1.165, 1.54) is 0 Å². The molecule has 0 aromatic rings. The van der Waals surface area contributed by atoms with E-state index in [1.54, 1.807) is 0 Å². The predicted molar refractivity (Wildman–Crippen MR) is 144 cm³/mol. The highest BCUT2D eigenvalue weighted by molar-refractivity contribution is 4.38. The van der Waals surface area contributed by atoms with E-state index in [2.05, 4.69) is 20.8 Å². The van der Waals surface area contributed by atoms with Gasteiger partial charge in [0, 0.05) is 33.0 Å². The Balaban J connectivity index is -0.000000108. The summed E-state index contributed by atoms with van der Waals surface area (Å²) < 4.78 is 24.6. The zero-order chi connectivity index (χ0) is 28.0. The van der Waals surface area contributed by atoms with Gasteiger partial charge in [-0.05, 0) is 46.5 Å².